The van der Waals surface area contributed by atoms with Gasteiger partial charge in [0, 0.05) is 115 Å². The van der Waals surface area contributed by atoms with E-state index in [9.17, 15) is 74.7 Å². The van der Waals surface area contributed by atoms with Crippen LogP contribution in [0.5, 0.6) is 11.5 Å². The second-order valence-corrected chi connectivity index (χ2v) is 33.4. The summed E-state index contributed by atoms with van der Waals surface area (Å²) in [6.07, 6.45) is 6.73. The van der Waals surface area contributed by atoms with E-state index in [0.717, 1.165) is 71.6 Å². The number of carbonyl (C=O) groups excluding carboxylic acids is 6. The fourth-order valence-electron chi connectivity index (χ4n) is 15.0. The fraction of sp³-hybridized carbons (Fsp3) is 0.860. The van der Waals surface area contributed by atoms with Crippen molar-refractivity contribution in [1.82, 2.24) is 26.2 Å². The van der Waals surface area contributed by atoms with Crippen molar-refractivity contribution in [2.45, 2.75) is 342 Å². The summed E-state index contributed by atoms with van der Waals surface area (Å²) in [6, 6.07) is -1.01. The molecule has 5 amide bonds. The first-order chi connectivity index (χ1) is 55.3. The molecule has 1 aromatic rings. The molecule has 30 heteroatoms. The highest BCUT2D eigenvalue weighted by atomic mass is 16.7. The number of hydrogen-bond acceptors (Lipinski definition) is 25. The summed E-state index contributed by atoms with van der Waals surface area (Å²) in [5, 5.41) is 101. The third-order valence-electron chi connectivity index (χ3n) is 23.0. The van der Waals surface area contributed by atoms with Crippen LogP contribution in [-0.2, 0) is 73.1 Å². The predicted molar refractivity (Wildman–Crippen MR) is 437 cm³/mol. The molecule has 16 unspecified atom stereocenters. The number of aliphatic hydroxyl groups excluding tert-OH is 9. The number of amides is 5. The quantitative estimate of drug-likeness (QED) is 0.0179. The number of fused-ring (bicyclic) bond motifs is 1. The van der Waals surface area contributed by atoms with Crippen LogP contribution >= 0.6 is 0 Å². The lowest BCUT2D eigenvalue weighted by Crippen LogP contribution is -2.55. The molecule has 4 heterocycles. The van der Waals surface area contributed by atoms with Crippen LogP contribution in [0.15, 0.2) is 0 Å². The maximum absolute atomic E-state index is 14.4. The zero-order valence-electron chi connectivity index (χ0n) is 72.5. The van der Waals surface area contributed by atoms with Gasteiger partial charge in [-0.15, -0.1) is 0 Å². The molecule has 0 aromatic heterocycles. The Bertz CT molecular complexity index is 2890. The zero-order valence-corrected chi connectivity index (χ0v) is 72.5. The van der Waals surface area contributed by atoms with Crippen LogP contribution in [0.4, 0.5) is 0 Å². The normalized spacial score (nSPS) is 26.0. The van der Waals surface area contributed by atoms with Crippen LogP contribution in [0.1, 0.15) is 252 Å². The smallest absolute Gasteiger partial charge is 0.311 e. The van der Waals surface area contributed by atoms with Gasteiger partial charge in [0.2, 0.25) is 29.5 Å². The highest BCUT2D eigenvalue weighted by molar-refractivity contribution is 5.88. The Balaban J connectivity index is 0.000000652. The first-order valence-electron chi connectivity index (χ1n) is 43.6. The monoisotopic (exact) mass is 1660 g/mol. The van der Waals surface area contributed by atoms with E-state index in [1.54, 1.807) is 20.8 Å². The second kappa shape index (κ2) is 56.7. The summed E-state index contributed by atoms with van der Waals surface area (Å²) in [5.74, 6) is 0.818. The Kier molecular flexibility index (Phi) is 50.6. The standard InChI is InChI=1S/C53H97N5O22.C33H56O3/c1-5-73-28-29-74-27-18-43(65)57-36(14-6-10-19-54-40(62)15-7-11-24-75-51-33(2)44(66)47(69)37(30-59)78-51)50(72)58(22-20-55-41(63)16-8-12-25-76-52-34(3)45(67)48(70)38(31-60)79-52)23-21-56-42(64)17-9-13-26-77-53-35(4)46(68)49(71)39(32-61)80-53;1-10-14-30(34)35-31-26(6)27(7)32-29(28(31)8)20-22-33(9,36-32)21-13-19-25(5)18-12-17-24(4)16-11-15-23(2)3/h33-39,44-49,51-53,59-61,66-71H,5-32H2,1-4H3,(H,54,62)(H,55,63)(H,56,64)(H,57,65);23-25H,10-22H2,1-9H3/t;24-,25-,33-/m.1/s1. The van der Waals surface area contributed by atoms with Gasteiger partial charge in [-0.1, -0.05) is 100 Å². The second-order valence-electron chi connectivity index (χ2n) is 33.4. The molecule has 0 spiro atoms. The molecule has 4 aliphatic heterocycles. The van der Waals surface area contributed by atoms with E-state index < -0.39 is 129 Å². The number of benzene rings is 1. The minimum atomic E-state index is -1.25. The Hall–Kier alpha value is -4.84. The van der Waals surface area contributed by atoms with E-state index in [-0.39, 0.29) is 121 Å². The van der Waals surface area contributed by atoms with Gasteiger partial charge >= 0.3 is 5.97 Å². The predicted octanol–water partition coefficient (Wildman–Crippen LogP) is 6.89. The molecule has 3 fully saturated rings. The molecule has 5 rings (SSSR count). The number of esters is 1. The number of ether oxygens (including phenoxy) is 10. The lowest BCUT2D eigenvalue weighted by molar-refractivity contribution is -0.282. The van der Waals surface area contributed by atoms with Crippen LogP contribution in [0.3, 0.4) is 0 Å². The molecule has 116 heavy (non-hydrogen) atoms. The number of unbranched alkanes of at least 4 members (excludes halogenated alkanes) is 4. The van der Waals surface area contributed by atoms with Gasteiger partial charge in [-0.2, -0.15) is 0 Å². The molecule has 672 valence electrons. The number of carbonyl (C=O) groups is 6. The first-order valence-corrected chi connectivity index (χ1v) is 43.6. The van der Waals surface area contributed by atoms with E-state index in [4.69, 9.17) is 47.4 Å². The minimum Gasteiger partial charge on any atom is -0.487 e. The molecular formula is C86H153N5O25. The fourth-order valence-corrected chi connectivity index (χ4v) is 15.0. The van der Waals surface area contributed by atoms with Crippen LogP contribution in [0.2, 0.25) is 0 Å². The molecule has 0 radical (unpaired) electrons. The van der Waals surface area contributed by atoms with Crippen molar-refractivity contribution in [3.8, 4) is 11.5 Å². The molecule has 30 nitrogen and oxygen atoms in total. The summed E-state index contributed by atoms with van der Waals surface area (Å²) in [6.45, 7) is 27.7. The topological polar surface area (TPSA) is 428 Å². The van der Waals surface area contributed by atoms with Crippen molar-refractivity contribution in [1.29, 1.82) is 0 Å². The van der Waals surface area contributed by atoms with Crippen LogP contribution in [0.25, 0.3) is 0 Å². The summed E-state index contributed by atoms with van der Waals surface area (Å²) in [7, 11) is 0. The van der Waals surface area contributed by atoms with Crippen molar-refractivity contribution >= 4 is 35.5 Å². The molecule has 13 N–H and O–H groups in total. The summed E-state index contributed by atoms with van der Waals surface area (Å²) in [4.78, 5) is 80.0. The average molecular weight is 1660 g/mol. The van der Waals surface area contributed by atoms with Gasteiger partial charge in [0.1, 0.15) is 59.8 Å². The molecule has 19 atom stereocenters. The molecule has 3 saturated heterocycles. The summed E-state index contributed by atoms with van der Waals surface area (Å²) in [5.41, 5.74) is 4.35. The Morgan fingerprint density at radius 2 is 0.940 bits per heavy atom. The van der Waals surface area contributed by atoms with Crippen molar-refractivity contribution in [2.75, 3.05) is 98.8 Å². The lowest BCUT2D eigenvalue weighted by atomic mass is 9.83. The molecule has 4 aliphatic rings. The average Bonchev–Trinajstić information content (AvgIpc) is 0.758. The molecule has 1 aromatic carbocycles. The van der Waals surface area contributed by atoms with E-state index in [0.29, 0.717) is 77.5 Å². The Morgan fingerprint density at radius 3 is 1.39 bits per heavy atom. The van der Waals surface area contributed by atoms with Crippen LogP contribution in [0, 0.1) is 56.3 Å². The van der Waals surface area contributed by atoms with E-state index in [1.165, 1.54) is 61.8 Å². The number of aliphatic hydroxyl groups is 9. The lowest BCUT2D eigenvalue weighted by Gasteiger charge is -2.40. The van der Waals surface area contributed by atoms with Gasteiger partial charge < -0.3 is 119 Å². The third kappa shape index (κ3) is 36.8. The van der Waals surface area contributed by atoms with Crippen molar-refractivity contribution in [3.63, 3.8) is 0 Å². The van der Waals surface area contributed by atoms with Gasteiger partial charge in [-0.3, -0.25) is 28.8 Å². The van der Waals surface area contributed by atoms with Gasteiger partial charge in [0.25, 0.3) is 0 Å². The first kappa shape index (κ1) is 104. The highest BCUT2D eigenvalue weighted by Crippen LogP contribution is 2.45. The maximum atomic E-state index is 14.4. The summed E-state index contributed by atoms with van der Waals surface area (Å²) < 4.78 is 57.4. The maximum Gasteiger partial charge on any atom is 0.311 e. The number of nitrogens with one attached hydrogen (secondary N) is 4. The molecule has 0 saturated carbocycles. The Labute approximate surface area is 691 Å². The number of rotatable bonds is 56. The number of hydrogen-bond donors (Lipinski definition) is 13. The van der Waals surface area contributed by atoms with Crippen molar-refractivity contribution < 1.29 is 122 Å². The van der Waals surface area contributed by atoms with E-state index in [1.807, 2.05) is 13.8 Å². The van der Waals surface area contributed by atoms with Gasteiger partial charge in [-0.25, -0.2) is 0 Å². The van der Waals surface area contributed by atoms with Gasteiger partial charge in [-0.05, 0) is 159 Å². The van der Waals surface area contributed by atoms with E-state index >= 15 is 0 Å². The third-order valence-corrected chi connectivity index (χ3v) is 23.0. The van der Waals surface area contributed by atoms with E-state index in [2.05, 4.69) is 76.7 Å². The van der Waals surface area contributed by atoms with Crippen molar-refractivity contribution in [2.24, 2.45) is 35.5 Å². The zero-order chi connectivity index (χ0) is 85.9. The Morgan fingerprint density at radius 1 is 0.491 bits per heavy atom. The van der Waals surface area contributed by atoms with Crippen molar-refractivity contribution in [3.05, 3.63) is 22.3 Å². The van der Waals surface area contributed by atoms with Crippen LogP contribution < -0.4 is 30.7 Å². The SMILES string of the molecule is CCCC(=O)Oc1c(C)c(C)c2c(c1C)CC[C@@](C)(CCC[C@H](C)CCC[C@H](C)CCCC(C)C)O2.CCOCCOCCC(=O)NC(CCCCNC(=O)CCCCOC1OC(CO)C(O)C(O)C1C)C(=O)N(CCNC(=O)CCCCOC1OC(CO)C(O)C(O)C1C)CCNC(=O)CCCCOC1OC(CO)C(O)C(O)C1C. The number of nitrogens with zero attached hydrogens (tertiary/aromatic N) is 1. The molecule has 0 bridgehead atoms. The molecule has 0 aliphatic carbocycles. The summed E-state index contributed by atoms with van der Waals surface area (Å²) >= 11 is 0. The van der Waals surface area contributed by atoms with Gasteiger partial charge in [0.05, 0.1) is 58.0 Å². The largest absolute Gasteiger partial charge is 0.487 e. The molecular weight excluding hydrogens is 1500 g/mol. The van der Waals surface area contributed by atoms with Gasteiger partial charge in [0.15, 0.2) is 18.9 Å². The van der Waals surface area contributed by atoms with Crippen LogP contribution in [-0.4, -0.2) is 271 Å². The highest BCUT2D eigenvalue weighted by Gasteiger charge is 2.45. The minimum absolute atomic E-state index is 0.0253.